The first-order valence-electron chi connectivity index (χ1n) is 9.80. The number of hydrogen-bond donors (Lipinski definition) is 0. The summed E-state index contributed by atoms with van der Waals surface area (Å²) in [6, 6.07) is 1.36. The van der Waals surface area contributed by atoms with Crippen molar-refractivity contribution in [3.63, 3.8) is 0 Å². The first kappa shape index (κ1) is 21.6. The van der Waals surface area contributed by atoms with Crippen molar-refractivity contribution in [3.8, 4) is 0 Å². The molecule has 1 aliphatic heterocycles. The summed E-state index contributed by atoms with van der Waals surface area (Å²) < 4.78 is 64.7. The molecule has 0 N–H and O–H groups in total. The number of hydrogen-bond acceptors (Lipinski definition) is 3. The van der Waals surface area contributed by atoms with Gasteiger partial charge in [-0.2, -0.15) is 13.2 Å². The van der Waals surface area contributed by atoms with Crippen molar-refractivity contribution in [3.05, 3.63) is 29.6 Å². The van der Waals surface area contributed by atoms with Crippen molar-refractivity contribution in [2.24, 2.45) is 5.92 Å². The van der Waals surface area contributed by atoms with Crippen LogP contribution in [0.1, 0.15) is 56.2 Å². The number of aromatic nitrogens is 1. The molecule has 1 aromatic rings. The molecule has 0 bridgehead atoms. The van der Waals surface area contributed by atoms with Gasteiger partial charge in [0, 0.05) is 37.2 Å². The molecule has 1 aromatic heterocycles. The monoisotopic (exact) mass is 418 g/mol. The predicted molar refractivity (Wildman–Crippen MR) is 94.2 cm³/mol. The molecule has 1 amide bonds. The van der Waals surface area contributed by atoms with E-state index in [2.05, 4.69) is 4.98 Å². The van der Waals surface area contributed by atoms with Gasteiger partial charge in [0.25, 0.3) is 0 Å². The van der Waals surface area contributed by atoms with Gasteiger partial charge < -0.3 is 4.90 Å². The Balaban J connectivity index is 1.66. The summed E-state index contributed by atoms with van der Waals surface area (Å²) in [6.07, 6.45) is -2.48. The SMILES string of the molecule is O=C(Cc1ccc(C(F)(F)F)cn1)[C@@H]1CCCCN1C(=O)C1CCC(F)(F)CC1. The Morgan fingerprint density at radius 1 is 1.10 bits per heavy atom. The Bertz CT molecular complexity index is 738. The van der Waals surface area contributed by atoms with Crippen molar-refractivity contribution in [2.75, 3.05) is 6.54 Å². The highest BCUT2D eigenvalue weighted by Gasteiger charge is 2.41. The summed E-state index contributed by atoms with van der Waals surface area (Å²) in [7, 11) is 0. The Labute approximate surface area is 165 Å². The molecule has 0 radical (unpaired) electrons. The number of likely N-dealkylation sites (tertiary alicyclic amines) is 1. The van der Waals surface area contributed by atoms with Crippen molar-refractivity contribution < 1.29 is 31.5 Å². The number of amides is 1. The minimum absolute atomic E-state index is 0.101. The van der Waals surface area contributed by atoms with Gasteiger partial charge in [-0.25, -0.2) is 8.78 Å². The number of halogens is 5. The second-order valence-electron chi connectivity index (χ2n) is 7.85. The van der Waals surface area contributed by atoms with E-state index in [-0.39, 0.29) is 49.5 Å². The van der Waals surface area contributed by atoms with Crippen molar-refractivity contribution in [1.29, 1.82) is 0 Å². The molecule has 4 nitrogen and oxygen atoms in total. The molecule has 29 heavy (non-hydrogen) atoms. The number of rotatable bonds is 4. The number of nitrogens with zero attached hydrogens (tertiary/aromatic N) is 2. The highest BCUT2D eigenvalue weighted by molar-refractivity contribution is 5.91. The minimum Gasteiger partial charge on any atom is -0.332 e. The van der Waals surface area contributed by atoms with Gasteiger partial charge in [-0.05, 0) is 44.2 Å². The van der Waals surface area contributed by atoms with Gasteiger partial charge in [-0.15, -0.1) is 0 Å². The second kappa shape index (κ2) is 8.36. The first-order valence-corrected chi connectivity index (χ1v) is 9.80. The summed E-state index contributed by atoms with van der Waals surface area (Å²) in [4.78, 5) is 30.9. The summed E-state index contributed by atoms with van der Waals surface area (Å²) in [5.41, 5.74) is -0.685. The third-order valence-electron chi connectivity index (χ3n) is 5.73. The van der Waals surface area contributed by atoms with E-state index in [9.17, 15) is 31.5 Å². The van der Waals surface area contributed by atoms with Crippen molar-refractivity contribution in [2.45, 2.75) is 69.5 Å². The van der Waals surface area contributed by atoms with Crippen LogP contribution in [-0.4, -0.2) is 40.1 Å². The van der Waals surface area contributed by atoms with Gasteiger partial charge in [0.1, 0.15) is 0 Å². The van der Waals surface area contributed by atoms with Crippen LogP contribution in [0.15, 0.2) is 18.3 Å². The molecule has 1 saturated heterocycles. The van der Waals surface area contributed by atoms with Crippen LogP contribution in [0.5, 0.6) is 0 Å². The molecule has 1 saturated carbocycles. The Morgan fingerprint density at radius 3 is 2.38 bits per heavy atom. The van der Waals surface area contributed by atoms with Crippen molar-refractivity contribution in [1.82, 2.24) is 9.88 Å². The number of piperidine rings is 1. The summed E-state index contributed by atoms with van der Waals surface area (Å²) in [5.74, 6) is -3.79. The molecule has 0 spiro atoms. The van der Waals surface area contributed by atoms with Crippen LogP contribution < -0.4 is 0 Å². The van der Waals surface area contributed by atoms with Crippen LogP contribution in [0, 0.1) is 5.92 Å². The number of Topliss-reactive ketones (excluding diaryl/α,β-unsaturated/α-hetero) is 1. The highest BCUT2D eigenvalue weighted by atomic mass is 19.4. The van der Waals surface area contributed by atoms with E-state index >= 15 is 0 Å². The smallest absolute Gasteiger partial charge is 0.332 e. The average Bonchev–Trinajstić information content (AvgIpc) is 2.67. The van der Waals surface area contributed by atoms with E-state index in [4.69, 9.17) is 0 Å². The number of pyridine rings is 1. The first-order chi connectivity index (χ1) is 13.6. The molecule has 2 fully saturated rings. The van der Waals surface area contributed by atoms with E-state index < -0.39 is 29.6 Å². The quantitative estimate of drug-likeness (QED) is 0.681. The molecule has 9 heteroatoms. The number of carbonyl (C=O) groups excluding carboxylic acids is 2. The summed E-state index contributed by atoms with van der Waals surface area (Å²) in [6.45, 7) is 0.391. The normalized spacial score (nSPS) is 23.1. The lowest BCUT2D eigenvalue weighted by atomic mass is 9.84. The number of carbonyl (C=O) groups is 2. The van der Waals surface area contributed by atoms with Crippen LogP contribution >= 0.6 is 0 Å². The summed E-state index contributed by atoms with van der Waals surface area (Å²) in [5, 5.41) is 0. The highest BCUT2D eigenvalue weighted by Crippen LogP contribution is 2.37. The number of ketones is 1. The van der Waals surface area contributed by atoms with E-state index in [0.29, 0.717) is 19.2 Å². The fraction of sp³-hybridized carbons (Fsp3) is 0.650. The molecular weight excluding hydrogens is 395 g/mol. The molecule has 2 heterocycles. The largest absolute Gasteiger partial charge is 0.417 e. The zero-order valence-electron chi connectivity index (χ0n) is 15.9. The topological polar surface area (TPSA) is 50.3 Å². The third-order valence-corrected chi connectivity index (χ3v) is 5.73. The predicted octanol–water partition coefficient (Wildman–Crippen LogP) is 4.42. The number of alkyl halides is 5. The lowest BCUT2D eigenvalue weighted by Crippen LogP contribution is -2.51. The average molecular weight is 418 g/mol. The van der Waals surface area contributed by atoms with Crippen LogP contribution in [-0.2, 0) is 22.2 Å². The maximum atomic E-state index is 13.4. The Hall–Kier alpha value is -2.06. The molecule has 1 atom stereocenters. The van der Waals surface area contributed by atoms with Gasteiger partial charge in [0.2, 0.25) is 11.8 Å². The summed E-state index contributed by atoms with van der Waals surface area (Å²) >= 11 is 0. The van der Waals surface area contributed by atoms with Gasteiger partial charge >= 0.3 is 6.18 Å². The standard InChI is InChI=1S/C20H23F5N2O2/c21-19(22)8-6-13(7-9-19)18(29)27-10-2-1-3-16(27)17(28)11-15-5-4-14(12-26-15)20(23,24)25/h4-5,12-13,16H,1-3,6-11H2/t16-/m0/s1. The van der Waals surface area contributed by atoms with Gasteiger partial charge in [-0.3, -0.25) is 14.6 Å². The van der Waals surface area contributed by atoms with Crippen LogP contribution in [0.2, 0.25) is 0 Å². The molecule has 160 valence electrons. The second-order valence-corrected chi connectivity index (χ2v) is 7.85. The maximum absolute atomic E-state index is 13.4. The van der Waals surface area contributed by atoms with Crippen molar-refractivity contribution >= 4 is 11.7 Å². The van der Waals surface area contributed by atoms with E-state index in [1.165, 1.54) is 11.0 Å². The third kappa shape index (κ3) is 5.30. The fourth-order valence-electron chi connectivity index (χ4n) is 4.04. The van der Waals surface area contributed by atoms with E-state index in [1.54, 1.807) is 0 Å². The van der Waals surface area contributed by atoms with Gasteiger partial charge in [-0.1, -0.05) is 0 Å². The molecule has 1 aliphatic carbocycles. The molecule has 0 aromatic carbocycles. The molecule has 2 aliphatic rings. The maximum Gasteiger partial charge on any atom is 0.417 e. The molecule has 3 rings (SSSR count). The van der Waals surface area contributed by atoms with Crippen LogP contribution in [0.4, 0.5) is 22.0 Å². The Morgan fingerprint density at radius 2 is 1.79 bits per heavy atom. The van der Waals surface area contributed by atoms with Crippen LogP contribution in [0.25, 0.3) is 0 Å². The van der Waals surface area contributed by atoms with E-state index in [0.717, 1.165) is 18.9 Å². The lowest BCUT2D eigenvalue weighted by molar-refractivity contribution is -0.147. The fourth-order valence-corrected chi connectivity index (χ4v) is 4.04. The van der Waals surface area contributed by atoms with Crippen LogP contribution in [0.3, 0.4) is 0 Å². The zero-order chi connectivity index (χ0) is 21.2. The van der Waals surface area contributed by atoms with Gasteiger partial charge in [0.05, 0.1) is 18.0 Å². The van der Waals surface area contributed by atoms with Gasteiger partial charge in [0.15, 0.2) is 5.78 Å². The lowest BCUT2D eigenvalue weighted by Gasteiger charge is -2.38. The minimum atomic E-state index is -4.50. The molecule has 0 unspecified atom stereocenters. The van der Waals surface area contributed by atoms with E-state index in [1.807, 2.05) is 0 Å². The Kier molecular flexibility index (Phi) is 6.24. The molecular formula is C20H23F5N2O2. The zero-order valence-corrected chi connectivity index (χ0v) is 15.9.